The number of azide groups is 1. The van der Waals surface area contributed by atoms with Crippen LogP contribution in [0.5, 0.6) is 0 Å². The molecule has 4 N–H and O–H groups in total. The van der Waals surface area contributed by atoms with E-state index in [-0.39, 0.29) is 13.4 Å². The summed E-state index contributed by atoms with van der Waals surface area (Å²) in [4.78, 5) is 23.0. The first-order chi connectivity index (χ1) is 14.5. The minimum Gasteiger partial charge on any atom is -0.365 e. The van der Waals surface area contributed by atoms with Crippen LogP contribution in [0, 0.1) is 5.53 Å². The van der Waals surface area contributed by atoms with Crippen molar-refractivity contribution in [3.05, 3.63) is 16.8 Å². The fraction of sp³-hybridized carbons (Fsp3) is 0.692. The Morgan fingerprint density at radius 1 is 1.57 bits per heavy atom. The van der Waals surface area contributed by atoms with Crippen LogP contribution in [-0.2, 0) is 30.3 Å². The van der Waals surface area contributed by atoms with E-state index >= 15 is 0 Å². The molecule has 0 amide bonds. The molecule has 15 nitrogen and oxygen atoms in total. The number of fused-ring (bicyclic) bond motifs is 1. The fourth-order valence-electron chi connectivity index (χ4n) is 3.28. The molecule has 0 bridgehead atoms. The smallest absolute Gasteiger partial charge is 0.324 e. The van der Waals surface area contributed by atoms with E-state index in [2.05, 4.69) is 36.0 Å². The van der Waals surface area contributed by atoms with Crippen molar-refractivity contribution >= 4 is 35.8 Å². The SMILES string of the molecule is CC[C@H]1O[C@@H](N2CNc3c(NN=N)ncnc32)[C@@H](OCN=[N+]=[N-])C1OP(O)(=S)OC. The average Bonchev–Trinajstić information content (AvgIpc) is 3.30. The van der Waals surface area contributed by atoms with Crippen LogP contribution in [0.2, 0.25) is 0 Å². The molecule has 5 atom stereocenters. The Balaban J connectivity index is 1.93. The van der Waals surface area contributed by atoms with Gasteiger partial charge in [-0.05, 0) is 23.8 Å². The Morgan fingerprint density at radius 3 is 3.03 bits per heavy atom. The number of hydrogen-bond donors (Lipinski definition) is 4. The topological polar surface area (TPSA) is 195 Å². The Labute approximate surface area is 176 Å². The van der Waals surface area contributed by atoms with E-state index in [1.807, 2.05) is 6.92 Å². The molecule has 2 unspecified atom stereocenters. The molecule has 30 heavy (non-hydrogen) atoms. The van der Waals surface area contributed by atoms with Gasteiger partial charge in [0.25, 0.3) is 0 Å². The summed E-state index contributed by atoms with van der Waals surface area (Å²) in [6, 6.07) is 0. The molecule has 0 aromatic carbocycles. The van der Waals surface area contributed by atoms with Crippen molar-refractivity contribution in [2.75, 3.05) is 36.2 Å². The highest BCUT2D eigenvalue weighted by Crippen LogP contribution is 2.49. The first-order valence-corrected chi connectivity index (χ1v) is 11.4. The highest BCUT2D eigenvalue weighted by atomic mass is 32.5. The summed E-state index contributed by atoms with van der Waals surface area (Å²) in [6.07, 6.45) is -0.917. The number of nitrogens with one attached hydrogen (secondary N) is 3. The zero-order chi connectivity index (χ0) is 21.7. The second kappa shape index (κ2) is 9.76. The minimum absolute atomic E-state index is 0.277. The number of ether oxygens (including phenoxy) is 2. The quantitative estimate of drug-likeness (QED) is 0.131. The molecule has 0 spiro atoms. The molecule has 1 saturated heterocycles. The molecule has 1 aromatic heterocycles. The molecule has 17 heteroatoms. The summed E-state index contributed by atoms with van der Waals surface area (Å²) < 4.78 is 22.5. The van der Waals surface area contributed by atoms with Crippen molar-refractivity contribution in [1.29, 1.82) is 5.53 Å². The molecule has 0 saturated carbocycles. The summed E-state index contributed by atoms with van der Waals surface area (Å²) in [6.45, 7) is -1.63. The maximum atomic E-state index is 10.2. The van der Waals surface area contributed by atoms with E-state index in [9.17, 15) is 4.89 Å². The molecule has 3 rings (SSSR count). The van der Waals surface area contributed by atoms with E-state index in [0.29, 0.717) is 23.7 Å². The van der Waals surface area contributed by atoms with Crippen molar-refractivity contribution in [2.24, 2.45) is 10.3 Å². The van der Waals surface area contributed by atoms with Gasteiger partial charge in [0.15, 0.2) is 17.9 Å². The predicted molar refractivity (Wildman–Crippen MR) is 108 cm³/mol. The Bertz CT molecular complexity index is 873. The molecule has 164 valence electrons. The molecule has 3 heterocycles. The summed E-state index contributed by atoms with van der Waals surface area (Å²) in [5.41, 5.74) is 18.6. The third kappa shape index (κ3) is 4.61. The zero-order valence-electron chi connectivity index (χ0n) is 16.1. The van der Waals surface area contributed by atoms with E-state index in [1.54, 1.807) is 4.90 Å². The number of rotatable bonds is 10. The van der Waals surface area contributed by atoms with Gasteiger partial charge in [-0.2, -0.15) is 5.53 Å². The first kappa shape index (κ1) is 22.5. The Kier molecular flexibility index (Phi) is 7.33. The lowest BCUT2D eigenvalue weighted by Gasteiger charge is -2.30. The number of nitrogens with zero attached hydrogens (tertiary/aromatic N) is 7. The van der Waals surface area contributed by atoms with Gasteiger partial charge in [-0.15, -0.1) is 0 Å². The fourth-order valence-corrected chi connectivity index (χ4v) is 4.23. The lowest BCUT2D eigenvalue weighted by atomic mass is 10.1. The molecular weight excluding hydrogens is 439 g/mol. The molecular formula is C13H21N10O5PS. The Hall–Kier alpha value is -2.16. The molecule has 0 aliphatic carbocycles. The van der Waals surface area contributed by atoms with Crippen LogP contribution in [0.4, 0.5) is 17.3 Å². The van der Waals surface area contributed by atoms with E-state index in [1.165, 1.54) is 13.4 Å². The van der Waals surface area contributed by atoms with Crippen molar-refractivity contribution < 1.29 is 23.4 Å². The van der Waals surface area contributed by atoms with Crippen molar-refractivity contribution in [2.45, 2.75) is 37.9 Å². The van der Waals surface area contributed by atoms with E-state index < -0.39 is 31.3 Å². The summed E-state index contributed by atoms with van der Waals surface area (Å²) in [7, 11) is 1.26. The van der Waals surface area contributed by atoms with Gasteiger partial charge in [0.05, 0.1) is 12.8 Å². The summed E-state index contributed by atoms with van der Waals surface area (Å²) in [5, 5.41) is 9.68. The van der Waals surface area contributed by atoms with Gasteiger partial charge < -0.3 is 29.1 Å². The third-order valence-electron chi connectivity index (χ3n) is 4.56. The third-order valence-corrected chi connectivity index (χ3v) is 6.23. The molecule has 2 aliphatic rings. The van der Waals surface area contributed by atoms with Gasteiger partial charge in [0.2, 0.25) is 0 Å². The van der Waals surface area contributed by atoms with Gasteiger partial charge in [-0.1, -0.05) is 17.3 Å². The standard InChI is InChI=1S/C13H21N10O5PS/c1-3-7-9(28-29(24,30)25-2)10(26-6-19-21-14)13(27-7)23-5-18-8-11(20-22-15)16-4-17-12(8)23/h4,7,9-10,13,18H,3,5-6H2,1-2H3,(H,24,30)(H2,15,16,17,20)/t7-,9?,10+,13-,29?/m1/s1. The van der Waals surface area contributed by atoms with Crippen LogP contribution >= 0.6 is 6.72 Å². The minimum atomic E-state index is -3.52. The Morgan fingerprint density at radius 2 is 2.37 bits per heavy atom. The number of hydrogen-bond acceptors (Lipinski definition) is 12. The van der Waals surface area contributed by atoms with Crippen LogP contribution < -0.4 is 15.6 Å². The normalized spacial score (nSPS) is 27.0. The van der Waals surface area contributed by atoms with Crippen molar-refractivity contribution in [3.8, 4) is 0 Å². The second-order valence-electron chi connectivity index (χ2n) is 6.13. The predicted octanol–water partition coefficient (Wildman–Crippen LogP) is 2.06. The summed E-state index contributed by atoms with van der Waals surface area (Å²) in [5.74, 6) is 0.816. The number of anilines is 3. The van der Waals surface area contributed by atoms with Gasteiger partial charge in [0.1, 0.15) is 31.0 Å². The van der Waals surface area contributed by atoms with Crippen LogP contribution in [-0.4, -0.2) is 59.9 Å². The van der Waals surface area contributed by atoms with Gasteiger partial charge in [-0.3, -0.25) is 4.52 Å². The molecule has 2 aliphatic heterocycles. The largest absolute Gasteiger partial charge is 0.365 e. The molecule has 1 fully saturated rings. The van der Waals surface area contributed by atoms with Gasteiger partial charge >= 0.3 is 6.72 Å². The monoisotopic (exact) mass is 460 g/mol. The maximum absolute atomic E-state index is 10.2. The van der Waals surface area contributed by atoms with E-state index in [4.69, 9.17) is 41.4 Å². The van der Waals surface area contributed by atoms with Crippen LogP contribution in [0.15, 0.2) is 16.7 Å². The second-order valence-corrected chi connectivity index (χ2v) is 9.03. The van der Waals surface area contributed by atoms with Crippen LogP contribution in [0.25, 0.3) is 10.4 Å². The summed E-state index contributed by atoms with van der Waals surface area (Å²) >= 11 is 5.00. The lowest BCUT2D eigenvalue weighted by Crippen LogP contribution is -2.46. The number of aromatic nitrogens is 2. The molecule has 1 aromatic rings. The highest BCUT2D eigenvalue weighted by molar-refractivity contribution is 8.07. The molecule has 0 radical (unpaired) electrons. The van der Waals surface area contributed by atoms with Crippen LogP contribution in [0.3, 0.4) is 0 Å². The van der Waals surface area contributed by atoms with Crippen molar-refractivity contribution in [3.63, 3.8) is 0 Å². The first-order valence-electron chi connectivity index (χ1n) is 8.78. The highest BCUT2D eigenvalue weighted by Gasteiger charge is 2.51. The van der Waals surface area contributed by atoms with E-state index in [0.717, 1.165) is 0 Å². The zero-order valence-corrected chi connectivity index (χ0v) is 17.8. The lowest BCUT2D eigenvalue weighted by molar-refractivity contribution is -0.0322. The van der Waals surface area contributed by atoms with Crippen molar-refractivity contribution in [1.82, 2.24) is 9.97 Å². The average molecular weight is 460 g/mol. The maximum Gasteiger partial charge on any atom is 0.324 e. The van der Waals surface area contributed by atoms with Gasteiger partial charge in [0, 0.05) is 12.0 Å². The van der Waals surface area contributed by atoms with Crippen LogP contribution in [0.1, 0.15) is 13.3 Å². The van der Waals surface area contributed by atoms with Gasteiger partial charge in [-0.25, -0.2) is 15.4 Å².